The van der Waals surface area contributed by atoms with Gasteiger partial charge in [-0.3, -0.25) is 4.98 Å². The van der Waals surface area contributed by atoms with E-state index in [0.29, 0.717) is 16.8 Å². The van der Waals surface area contributed by atoms with Gasteiger partial charge in [0.15, 0.2) is 0 Å². The Hall–Kier alpha value is -3.51. The Bertz CT molecular complexity index is 1280. The van der Waals surface area contributed by atoms with Gasteiger partial charge in [-0.25, -0.2) is 4.98 Å². The lowest BCUT2D eigenvalue weighted by atomic mass is 10.1. The number of nitrogens with one attached hydrogen (secondary N) is 2. The van der Waals surface area contributed by atoms with Crippen LogP contribution in [0.2, 0.25) is 5.02 Å². The largest absolute Gasteiger partial charge is 0.457 e. The molecular formula is C24H22ClN5O. The first-order valence-corrected chi connectivity index (χ1v) is 10.5. The number of hydrogen-bond acceptors (Lipinski definition) is 5. The zero-order valence-corrected chi connectivity index (χ0v) is 17.9. The Balaban J connectivity index is 1.38. The highest BCUT2D eigenvalue weighted by molar-refractivity contribution is 6.33. The fraction of sp³-hybridized carbons (Fsp3) is 0.167. The lowest BCUT2D eigenvalue weighted by molar-refractivity contribution is 0.488. The molecule has 0 aliphatic heterocycles. The Morgan fingerprint density at radius 1 is 1.19 bits per heavy atom. The molecule has 2 N–H and O–H groups in total. The summed E-state index contributed by atoms with van der Waals surface area (Å²) in [7, 11) is 1.97. The van der Waals surface area contributed by atoms with Crippen molar-refractivity contribution in [2.45, 2.75) is 18.9 Å². The first kappa shape index (κ1) is 19.5. The second-order valence-corrected chi connectivity index (χ2v) is 8.10. The van der Waals surface area contributed by atoms with Crippen molar-refractivity contribution in [2.75, 3.05) is 5.32 Å². The molecule has 2 aromatic carbocycles. The number of benzene rings is 2. The highest BCUT2D eigenvalue weighted by Gasteiger charge is 2.21. The van der Waals surface area contributed by atoms with E-state index in [9.17, 15) is 0 Å². The van der Waals surface area contributed by atoms with Gasteiger partial charge in [-0.1, -0.05) is 24.2 Å². The molecule has 31 heavy (non-hydrogen) atoms. The van der Waals surface area contributed by atoms with Crippen LogP contribution in [0.5, 0.6) is 11.5 Å². The summed E-state index contributed by atoms with van der Waals surface area (Å²) in [5.74, 6) is 2.13. The van der Waals surface area contributed by atoms with Crippen molar-refractivity contribution < 1.29 is 4.74 Å². The molecule has 156 valence electrons. The van der Waals surface area contributed by atoms with E-state index in [1.165, 1.54) is 12.8 Å². The fourth-order valence-electron chi connectivity index (χ4n) is 3.47. The van der Waals surface area contributed by atoms with Gasteiger partial charge in [0, 0.05) is 36.3 Å². The molecule has 2 heterocycles. The zero-order chi connectivity index (χ0) is 21.4. The van der Waals surface area contributed by atoms with Gasteiger partial charge in [-0.15, -0.1) is 0 Å². The van der Waals surface area contributed by atoms with E-state index in [1.54, 1.807) is 18.6 Å². The smallest absolute Gasteiger partial charge is 0.138 e. The summed E-state index contributed by atoms with van der Waals surface area (Å²) in [6, 6.07) is 14.1. The van der Waals surface area contributed by atoms with Gasteiger partial charge in [0.05, 0.1) is 40.3 Å². The highest BCUT2D eigenvalue weighted by atomic mass is 35.5. The van der Waals surface area contributed by atoms with Crippen molar-refractivity contribution in [3.05, 3.63) is 78.6 Å². The minimum atomic E-state index is 0.528. The van der Waals surface area contributed by atoms with Crippen molar-refractivity contribution >= 4 is 28.2 Å². The minimum absolute atomic E-state index is 0.528. The average Bonchev–Trinajstić information content (AvgIpc) is 3.46. The van der Waals surface area contributed by atoms with Crippen LogP contribution in [-0.4, -0.2) is 20.6 Å². The van der Waals surface area contributed by atoms with Crippen molar-refractivity contribution in [3.63, 3.8) is 0 Å². The number of nitrogens with zero attached hydrogens (tertiary/aromatic N) is 3. The molecule has 1 fully saturated rings. The van der Waals surface area contributed by atoms with Crippen LogP contribution in [0.25, 0.3) is 22.2 Å². The van der Waals surface area contributed by atoms with Crippen LogP contribution in [0.4, 0.5) is 5.69 Å². The van der Waals surface area contributed by atoms with Crippen LogP contribution in [0, 0.1) is 0 Å². The molecule has 5 rings (SSSR count). The summed E-state index contributed by atoms with van der Waals surface area (Å²) in [5, 5.41) is 8.02. The number of anilines is 1. The van der Waals surface area contributed by atoms with Crippen LogP contribution >= 0.6 is 11.6 Å². The number of aryl methyl sites for hydroxylation is 1. The molecule has 1 aliphatic carbocycles. The van der Waals surface area contributed by atoms with Crippen LogP contribution in [-0.2, 0) is 7.05 Å². The molecule has 0 amide bonds. The number of pyridine rings is 1. The second-order valence-electron chi connectivity index (χ2n) is 7.70. The number of imidazole rings is 1. The first-order chi connectivity index (χ1) is 15.1. The van der Waals surface area contributed by atoms with E-state index < -0.39 is 0 Å². The van der Waals surface area contributed by atoms with Gasteiger partial charge < -0.3 is 19.9 Å². The number of hydrogen-bond donors (Lipinski definition) is 2. The number of rotatable bonds is 7. The maximum absolute atomic E-state index is 6.47. The second kappa shape index (κ2) is 7.96. The molecule has 6 nitrogen and oxygen atoms in total. The summed E-state index contributed by atoms with van der Waals surface area (Å²) in [4.78, 5) is 8.71. The first-order valence-electron chi connectivity index (χ1n) is 10.1. The van der Waals surface area contributed by atoms with Gasteiger partial charge in [-0.05, 0) is 43.2 Å². The minimum Gasteiger partial charge on any atom is -0.457 e. The third-order valence-corrected chi connectivity index (χ3v) is 5.54. The van der Waals surface area contributed by atoms with Gasteiger partial charge in [0.2, 0.25) is 0 Å². The Morgan fingerprint density at radius 3 is 2.81 bits per heavy atom. The fourth-order valence-corrected chi connectivity index (χ4v) is 3.68. The molecular weight excluding hydrogens is 410 g/mol. The van der Waals surface area contributed by atoms with Gasteiger partial charge >= 0.3 is 0 Å². The molecule has 2 aromatic heterocycles. The third-order valence-electron chi connectivity index (χ3n) is 5.22. The molecule has 7 heteroatoms. The number of ether oxygens (including phenoxy) is 1. The van der Waals surface area contributed by atoms with Crippen LogP contribution in [0.1, 0.15) is 12.8 Å². The standard InChI is InChI=1S/C24H22ClN5O/c1-15(28-17-4-5-17)29-21-8-6-18(12-20(21)25)31-24-9-10-27-22-11-16(3-7-19(22)24)23-13-26-14-30(23)2/h3,6-14,17,28-29H,1,4-5H2,2H3. The normalized spacial score (nSPS) is 13.2. The zero-order valence-electron chi connectivity index (χ0n) is 17.1. The van der Waals surface area contributed by atoms with Crippen molar-refractivity contribution in [1.29, 1.82) is 0 Å². The average molecular weight is 432 g/mol. The van der Waals surface area contributed by atoms with E-state index in [4.69, 9.17) is 16.3 Å². The van der Waals surface area contributed by atoms with Crippen LogP contribution < -0.4 is 15.4 Å². The van der Waals surface area contributed by atoms with Gasteiger partial charge in [0.1, 0.15) is 11.5 Å². The summed E-state index contributed by atoms with van der Waals surface area (Å²) in [5.41, 5.74) is 3.72. The topological polar surface area (TPSA) is 64.0 Å². The van der Waals surface area contributed by atoms with E-state index in [1.807, 2.05) is 54.2 Å². The Kier molecular flexibility index (Phi) is 5.00. The van der Waals surface area contributed by atoms with Crippen LogP contribution in [0.3, 0.4) is 0 Å². The maximum atomic E-state index is 6.47. The lowest BCUT2D eigenvalue weighted by Gasteiger charge is -2.14. The molecule has 4 aromatic rings. The SMILES string of the molecule is C=C(Nc1ccc(Oc2ccnc3cc(-c4cncn4C)ccc23)cc1Cl)NC1CC1. The van der Waals surface area contributed by atoms with E-state index in [0.717, 1.165) is 39.4 Å². The van der Waals surface area contributed by atoms with E-state index in [2.05, 4.69) is 27.2 Å². The summed E-state index contributed by atoms with van der Waals surface area (Å²) in [6.07, 6.45) is 7.74. The Labute approximate surface area is 185 Å². The van der Waals surface area contributed by atoms with Crippen LogP contribution in [0.15, 0.2) is 73.6 Å². The molecule has 1 aliphatic rings. The maximum Gasteiger partial charge on any atom is 0.138 e. The van der Waals surface area contributed by atoms with Gasteiger partial charge in [-0.2, -0.15) is 0 Å². The van der Waals surface area contributed by atoms with Gasteiger partial charge in [0.25, 0.3) is 0 Å². The number of aromatic nitrogens is 3. The molecule has 0 spiro atoms. The summed E-state index contributed by atoms with van der Waals surface area (Å²) >= 11 is 6.47. The monoisotopic (exact) mass is 431 g/mol. The predicted molar refractivity (Wildman–Crippen MR) is 124 cm³/mol. The Morgan fingerprint density at radius 2 is 2.06 bits per heavy atom. The predicted octanol–water partition coefficient (Wildman–Crippen LogP) is 5.72. The van der Waals surface area contributed by atoms with E-state index in [-0.39, 0.29) is 0 Å². The third kappa shape index (κ3) is 4.20. The number of halogens is 1. The summed E-state index contributed by atoms with van der Waals surface area (Å²) < 4.78 is 8.13. The van der Waals surface area contributed by atoms with E-state index >= 15 is 0 Å². The van der Waals surface area contributed by atoms with Crippen molar-refractivity contribution in [2.24, 2.45) is 7.05 Å². The lowest BCUT2D eigenvalue weighted by Crippen LogP contribution is -2.20. The molecule has 0 atom stereocenters. The molecule has 0 unspecified atom stereocenters. The highest BCUT2D eigenvalue weighted by Crippen LogP contribution is 2.34. The molecule has 0 bridgehead atoms. The quantitative estimate of drug-likeness (QED) is 0.392. The molecule has 1 saturated carbocycles. The summed E-state index contributed by atoms with van der Waals surface area (Å²) in [6.45, 7) is 4.00. The van der Waals surface area contributed by atoms with Crippen molar-refractivity contribution in [3.8, 4) is 22.8 Å². The molecule has 0 saturated heterocycles. The van der Waals surface area contributed by atoms with Crippen molar-refractivity contribution in [1.82, 2.24) is 19.9 Å². The number of fused-ring (bicyclic) bond motifs is 1. The molecule has 0 radical (unpaired) electrons.